The van der Waals surface area contributed by atoms with E-state index in [1.54, 1.807) is 44.4 Å². The second-order valence-electron chi connectivity index (χ2n) is 7.34. The van der Waals surface area contributed by atoms with Gasteiger partial charge in [0.05, 0.1) is 5.69 Å². The lowest BCUT2D eigenvalue weighted by atomic mass is 10.1. The first-order valence-electron chi connectivity index (χ1n) is 8.89. The standard InChI is InChI=1S/C19H19F2N3O5S2/c1-19(2,3)24-31(26,27)15-9-8-14(28-15)16(25)23-18-22-12(10-30-18)11-6-4-5-7-13(11)29-17(20)21/h4-10,17,24H,1-3H3,(H,22,23,25). The van der Waals surface area contributed by atoms with E-state index >= 15 is 0 Å². The highest BCUT2D eigenvalue weighted by Gasteiger charge is 2.26. The molecule has 0 fully saturated rings. The van der Waals surface area contributed by atoms with Gasteiger partial charge >= 0.3 is 6.61 Å². The Labute approximate surface area is 181 Å². The van der Waals surface area contributed by atoms with Gasteiger partial charge in [0.15, 0.2) is 10.9 Å². The molecule has 0 radical (unpaired) electrons. The number of hydrogen-bond acceptors (Lipinski definition) is 7. The van der Waals surface area contributed by atoms with Gasteiger partial charge < -0.3 is 9.15 Å². The van der Waals surface area contributed by atoms with Crippen molar-refractivity contribution < 1.29 is 31.1 Å². The van der Waals surface area contributed by atoms with Gasteiger partial charge in [-0.25, -0.2) is 18.1 Å². The largest absolute Gasteiger partial charge is 0.438 e. The number of sulfonamides is 1. The third kappa shape index (κ3) is 5.87. The Hall–Kier alpha value is -2.83. The molecule has 1 aromatic carbocycles. The monoisotopic (exact) mass is 471 g/mol. The maximum atomic E-state index is 12.6. The van der Waals surface area contributed by atoms with Crippen molar-refractivity contribution >= 4 is 32.4 Å². The van der Waals surface area contributed by atoms with Crippen LogP contribution >= 0.6 is 11.3 Å². The smallest absolute Gasteiger partial charge is 0.387 e. The number of halogens is 2. The number of thiazole rings is 1. The Morgan fingerprint density at radius 2 is 1.90 bits per heavy atom. The summed E-state index contributed by atoms with van der Waals surface area (Å²) >= 11 is 1.06. The van der Waals surface area contributed by atoms with Gasteiger partial charge in [-0.1, -0.05) is 12.1 Å². The molecule has 0 atom stereocenters. The van der Waals surface area contributed by atoms with Crippen LogP contribution in [0, 0.1) is 0 Å². The molecular formula is C19H19F2N3O5S2. The highest BCUT2D eigenvalue weighted by molar-refractivity contribution is 7.89. The third-order valence-electron chi connectivity index (χ3n) is 3.61. The summed E-state index contributed by atoms with van der Waals surface area (Å²) in [6, 6.07) is 8.54. The molecule has 0 aliphatic rings. The molecule has 0 bridgehead atoms. The number of benzene rings is 1. The van der Waals surface area contributed by atoms with Crippen molar-refractivity contribution in [1.29, 1.82) is 0 Å². The average Bonchev–Trinajstić information content (AvgIpc) is 3.29. The second kappa shape index (κ2) is 8.73. The molecule has 0 saturated carbocycles. The van der Waals surface area contributed by atoms with E-state index < -0.39 is 33.2 Å². The topological polar surface area (TPSA) is 111 Å². The summed E-state index contributed by atoms with van der Waals surface area (Å²) in [7, 11) is -3.94. The number of furan rings is 1. The molecule has 166 valence electrons. The molecular weight excluding hydrogens is 452 g/mol. The minimum atomic E-state index is -3.94. The van der Waals surface area contributed by atoms with E-state index in [0.717, 1.165) is 11.3 Å². The van der Waals surface area contributed by atoms with E-state index in [1.165, 1.54) is 18.2 Å². The molecule has 8 nitrogen and oxygen atoms in total. The van der Waals surface area contributed by atoms with Crippen molar-refractivity contribution in [3.63, 3.8) is 0 Å². The first-order chi connectivity index (χ1) is 14.4. The van der Waals surface area contributed by atoms with Gasteiger partial charge in [0.1, 0.15) is 5.75 Å². The maximum absolute atomic E-state index is 12.6. The minimum absolute atomic E-state index is 0.0482. The number of hydrogen-bond donors (Lipinski definition) is 2. The molecule has 0 saturated heterocycles. The number of ether oxygens (including phenoxy) is 1. The minimum Gasteiger partial charge on any atom is -0.438 e. The van der Waals surface area contributed by atoms with E-state index in [-0.39, 0.29) is 16.6 Å². The van der Waals surface area contributed by atoms with Crippen molar-refractivity contribution in [2.45, 2.75) is 38.0 Å². The number of para-hydroxylation sites is 1. The van der Waals surface area contributed by atoms with Crippen LogP contribution in [-0.2, 0) is 10.0 Å². The number of rotatable bonds is 7. The number of alkyl halides is 2. The van der Waals surface area contributed by atoms with E-state index in [1.807, 2.05) is 0 Å². The first kappa shape index (κ1) is 22.8. The van der Waals surface area contributed by atoms with Crippen LogP contribution < -0.4 is 14.8 Å². The summed E-state index contributed by atoms with van der Waals surface area (Å²) in [5.41, 5.74) is -0.0665. The lowest BCUT2D eigenvalue weighted by molar-refractivity contribution is -0.0494. The number of nitrogens with zero attached hydrogens (tertiary/aromatic N) is 1. The molecule has 2 N–H and O–H groups in total. The highest BCUT2D eigenvalue weighted by Crippen LogP contribution is 2.33. The second-order valence-corrected chi connectivity index (χ2v) is 9.81. The Morgan fingerprint density at radius 1 is 1.19 bits per heavy atom. The van der Waals surface area contributed by atoms with Crippen molar-refractivity contribution in [2.75, 3.05) is 5.32 Å². The summed E-state index contributed by atoms with van der Waals surface area (Å²) in [6.07, 6.45) is 0. The maximum Gasteiger partial charge on any atom is 0.387 e. The predicted octanol–water partition coefficient (Wildman–Crippen LogP) is 4.33. The van der Waals surface area contributed by atoms with E-state index in [2.05, 4.69) is 19.8 Å². The van der Waals surface area contributed by atoms with E-state index in [9.17, 15) is 22.0 Å². The highest BCUT2D eigenvalue weighted by atomic mass is 32.2. The number of aromatic nitrogens is 1. The first-order valence-corrected chi connectivity index (χ1v) is 11.3. The molecule has 0 unspecified atom stereocenters. The number of carbonyl (C=O) groups excluding carboxylic acids is 1. The molecule has 12 heteroatoms. The summed E-state index contributed by atoms with van der Waals surface area (Å²) in [6.45, 7) is 2.03. The summed E-state index contributed by atoms with van der Waals surface area (Å²) < 4.78 is 61.9. The van der Waals surface area contributed by atoms with Crippen molar-refractivity contribution in [2.24, 2.45) is 0 Å². The average molecular weight is 472 g/mol. The number of amides is 1. The Balaban J connectivity index is 1.75. The number of anilines is 1. The SMILES string of the molecule is CC(C)(C)NS(=O)(=O)c1ccc(C(=O)Nc2nc(-c3ccccc3OC(F)F)cs2)o1. The molecule has 3 rings (SSSR count). The van der Waals surface area contributed by atoms with E-state index in [0.29, 0.717) is 11.3 Å². The van der Waals surface area contributed by atoms with Crippen LogP contribution in [0.2, 0.25) is 0 Å². The van der Waals surface area contributed by atoms with Gasteiger partial charge in [-0.05, 0) is 45.0 Å². The molecule has 3 aromatic rings. The van der Waals surface area contributed by atoms with Gasteiger partial charge in [-0.15, -0.1) is 11.3 Å². The van der Waals surface area contributed by atoms with Crippen LogP contribution in [0.25, 0.3) is 11.3 Å². The molecule has 0 aliphatic heterocycles. The Bertz CT molecular complexity index is 1180. The Kier molecular flexibility index (Phi) is 6.43. The van der Waals surface area contributed by atoms with Crippen molar-refractivity contribution in [1.82, 2.24) is 9.71 Å². The number of nitrogens with one attached hydrogen (secondary N) is 2. The van der Waals surface area contributed by atoms with Crippen LogP contribution in [0.1, 0.15) is 31.3 Å². The van der Waals surface area contributed by atoms with Crippen molar-refractivity contribution in [3.05, 3.63) is 47.5 Å². The zero-order valence-corrected chi connectivity index (χ0v) is 18.3. The number of carbonyl (C=O) groups is 1. The molecule has 0 aliphatic carbocycles. The van der Waals surface area contributed by atoms with Gasteiger partial charge in [0, 0.05) is 16.5 Å². The van der Waals surface area contributed by atoms with Gasteiger partial charge in [0.25, 0.3) is 15.9 Å². The third-order valence-corrected chi connectivity index (χ3v) is 6.00. The molecule has 31 heavy (non-hydrogen) atoms. The van der Waals surface area contributed by atoms with Crippen LogP contribution in [-0.4, -0.2) is 31.5 Å². The Morgan fingerprint density at radius 3 is 2.58 bits per heavy atom. The van der Waals surface area contributed by atoms with Crippen LogP contribution in [0.4, 0.5) is 13.9 Å². The fourth-order valence-electron chi connectivity index (χ4n) is 2.53. The molecule has 1 amide bonds. The molecule has 0 spiro atoms. The zero-order valence-electron chi connectivity index (χ0n) is 16.7. The predicted molar refractivity (Wildman–Crippen MR) is 111 cm³/mol. The summed E-state index contributed by atoms with van der Waals surface area (Å²) in [5, 5.41) is 3.83. The lowest BCUT2D eigenvalue weighted by Crippen LogP contribution is -2.40. The normalized spacial score (nSPS) is 12.2. The molecule has 2 aromatic heterocycles. The van der Waals surface area contributed by atoms with Gasteiger partial charge in [-0.3, -0.25) is 10.1 Å². The quantitative estimate of drug-likeness (QED) is 0.531. The zero-order chi connectivity index (χ0) is 22.8. The van der Waals surface area contributed by atoms with Gasteiger partial charge in [0.2, 0.25) is 5.09 Å². The lowest BCUT2D eigenvalue weighted by Gasteiger charge is -2.18. The van der Waals surface area contributed by atoms with Crippen LogP contribution in [0.15, 0.2) is 51.3 Å². The fourth-order valence-corrected chi connectivity index (χ4v) is 4.59. The van der Waals surface area contributed by atoms with Crippen molar-refractivity contribution in [3.8, 4) is 17.0 Å². The summed E-state index contributed by atoms with van der Waals surface area (Å²) in [4.78, 5) is 16.6. The van der Waals surface area contributed by atoms with Gasteiger partial charge in [-0.2, -0.15) is 8.78 Å². The molecule has 2 heterocycles. The fraction of sp³-hybridized carbons (Fsp3) is 0.263. The summed E-state index contributed by atoms with van der Waals surface area (Å²) in [5.74, 6) is -0.990. The van der Waals surface area contributed by atoms with Crippen LogP contribution in [0.3, 0.4) is 0 Å². The van der Waals surface area contributed by atoms with Crippen LogP contribution in [0.5, 0.6) is 5.75 Å². The van der Waals surface area contributed by atoms with E-state index in [4.69, 9.17) is 4.42 Å².